The van der Waals surface area contributed by atoms with Crippen molar-refractivity contribution in [3.8, 4) is 0 Å². The monoisotopic (exact) mass is 237 g/mol. The van der Waals surface area contributed by atoms with Crippen molar-refractivity contribution < 1.29 is 14.3 Å². The van der Waals surface area contributed by atoms with Crippen LogP contribution in [0.2, 0.25) is 0 Å². The Morgan fingerprint density at radius 1 is 1.35 bits per heavy atom. The third-order valence-electron chi connectivity index (χ3n) is 2.53. The minimum absolute atomic E-state index is 0.416. The van der Waals surface area contributed by atoms with Crippen LogP contribution in [0.15, 0.2) is 30.3 Å². The number of carbonyl (C=O) groups is 1. The minimum atomic E-state index is -0.981. The number of carbonyl (C=O) groups excluding carboxylic acids is 1. The molecule has 94 valence electrons. The van der Waals surface area contributed by atoms with E-state index < -0.39 is 11.5 Å². The molecular weight excluding hydrogens is 218 g/mol. The summed E-state index contributed by atoms with van der Waals surface area (Å²) in [4.78, 5) is 11.3. The fourth-order valence-corrected chi connectivity index (χ4v) is 1.38. The van der Waals surface area contributed by atoms with E-state index in [1.165, 1.54) is 7.11 Å². The Morgan fingerprint density at radius 2 is 2.00 bits per heavy atom. The third kappa shape index (κ3) is 4.54. The highest BCUT2D eigenvalue weighted by atomic mass is 16.5. The lowest BCUT2D eigenvalue weighted by atomic mass is 10.0. The Kier molecular flexibility index (Phi) is 5.12. The maximum absolute atomic E-state index is 11.3. The molecule has 1 rings (SSSR count). The number of esters is 1. The third-order valence-corrected chi connectivity index (χ3v) is 2.53. The Hall–Kier alpha value is -1.39. The molecule has 1 aromatic carbocycles. The first-order valence-corrected chi connectivity index (χ1v) is 5.55. The zero-order chi connectivity index (χ0) is 12.7. The lowest BCUT2D eigenvalue weighted by molar-refractivity contribution is -0.147. The molecule has 0 aliphatic heterocycles. The van der Waals surface area contributed by atoms with Crippen LogP contribution >= 0.6 is 0 Å². The molecule has 0 aliphatic rings. The molecule has 0 amide bonds. The summed E-state index contributed by atoms with van der Waals surface area (Å²) in [6.45, 7) is 2.60. The van der Waals surface area contributed by atoms with Crippen LogP contribution in [0.25, 0.3) is 0 Å². The van der Waals surface area contributed by atoms with Gasteiger partial charge in [0.1, 0.15) is 5.54 Å². The van der Waals surface area contributed by atoms with Crippen molar-refractivity contribution in [3.63, 3.8) is 0 Å². The van der Waals surface area contributed by atoms with Crippen LogP contribution in [0.5, 0.6) is 0 Å². The highest BCUT2D eigenvalue weighted by Gasteiger charge is 2.28. The second-order valence-electron chi connectivity index (χ2n) is 4.20. The largest absolute Gasteiger partial charge is 0.468 e. The van der Waals surface area contributed by atoms with Gasteiger partial charge in [0.25, 0.3) is 0 Å². The van der Waals surface area contributed by atoms with Gasteiger partial charge in [0, 0.05) is 6.61 Å². The van der Waals surface area contributed by atoms with Gasteiger partial charge in [0.2, 0.25) is 0 Å². The average molecular weight is 237 g/mol. The number of ether oxygens (including phenoxy) is 2. The van der Waals surface area contributed by atoms with Gasteiger partial charge in [-0.2, -0.15) is 0 Å². The molecule has 4 nitrogen and oxygen atoms in total. The maximum Gasteiger partial charge on any atom is 0.325 e. The van der Waals surface area contributed by atoms with Crippen LogP contribution in [-0.4, -0.2) is 25.2 Å². The van der Waals surface area contributed by atoms with Crippen molar-refractivity contribution in [2.75, 3.05) is 13.7 Å². The molecule has 1 aromatic rings. The molecule has 0 aliphatic carbocycles. The van der Waals surface area contributed by atoms with Crippen molar-refractivity contribution in [2.24, 2.45) is 5.73 Å². The molecule has 0 fully saturated rings. The second kappa shape index (κ2) is 6.37. The molecule has 0 bridgehead atoms. The fraction of sp³-hybridized carbons (Fsp3) is 0.462. The van der Waals surface area contributed by atoms with Crippen molar-refractivity contribution in [1.82, 2.24) is 0 Å². The maximum atomic E-state index is 11.3. The summed E-state index contributed by atoms with van der Waals surface area (Å²) in [5.41, 5.74) is 5.92. The van der Waals surface area contributed by atoms with E-state index in [-0.39, 0.29) is 0 Å². The standard InChI is InChI=1S/C13H19NO3/c1-13(14,12(15)16-2)8-9-17-10-11-6-4-3-5-7-11/h3-7H,8-10,14H2,1-2H3/t13-/m1/s1. The van der Waals surface area contributed by atoms with Crippen LogP contribution in [0.4, 0.5) is 0 Å². The van der Waals surface area contributed by atoms with E-state index in [0.717, 1.165) is 5.56 Å². The molecule has 0 saturated carbocycles. The average Bonchev–Trinajstić information content (AvgIpc) is 2.35. The number of rotatable bonds is 6. The molecule has 0 unspecified atom stereocenters. The zero-order valence-corrected chi connectivity index (χ0v) is 10.3. The minimum Gasteiger partial charge on any atom is -0.468 e. The van der Waals surface area contributed by atoms with Gasteiger partial charge in [-0.15, -0.1) is 0 Å². The predicted octanol–water partition coefficient (Wildman–Crippen LogP) is 1.48. The van der Waals surface area contributed by atoms with E-state index >= 15 is 0 Å². The molecule has 0 aromatic heterocycles. The van der Waals surface area contributed by atoms with E-state index in [4.69, 9.17) is 10.5 Å². The molecule has 0 radical (unpaired) electrons. The van der Waals surface area contributed by atoms with Gasteiger partial charge in [-0.3, -0.25) is 4.79 Å². The molecule has 0 saturated heterocycles. The van der Waals surface area contributed by atoms with Crippen LogP contribution in [-0.2, 0) is 20.9 Å². The van der Waals surface area contributed by atoms with Gasteiger partial charge in [-0.05, 0) is 18.9 Å². The van der Waals surface area contributed by atoms with Crippen LogP contribution in [0, 0.1) is 0 Å². The Balaban J connectivity index is 2.27. The fourth-order valence-electron chi connectivity index (χ4n) is 1.38. The summed E-state index contributed by atoms with van der Waals surface area (Å²) in [6, 6.07) is 9.85. The SMILES string of the molecule is COC(=O)[C@](C)(N)CCOCc1ccccc1. The quantitative estimate of drug-likeness (QED) is 0.601. The number of benzene rings is 1. The van der Waals surface area contributed by atoms with Crippen LogP contribution < -0.4 is 5.73 Å². The molecule has 0 spiro atoms. The van der Waals surface area contributed by atoms with Crippen molar-refractivity contribution in [2.45, 2.75) is 25.5 Å². The zero-order valence-electron chi connectivity index (χ0n) is 10.3. The van der Waals surface area contributed by atoms with Gasteiger partial charge in [-0.25, -0.2) is 0 Å². The smallest absolute Gasteiger partial charge is 0.325 e. The second-order valence-corrected chi connectivity index (χ2v) is 4.20. The van der Waals surface area contributed by atoms with Gasteiger partial charge in [0.15, 0.2) is 0 Å². The van der Waals surface area contributed by atoms with Gasteiger partial charge in [0.05, 0.1) is 13.7 Å². The van der Waals surface area contributed by atoms with Crippen LogP contribution in [0.3, 0.4) is 0 Å². The normalized spacial score (nSPS) is 14.1. The number of methoxy groups -OCH3 is 1. The molecule has 1 atom stereocenters. The van der Waals surface area contributed by atoms with Gasteiger partial charge >= 0.3 is 5.97 Å². The highest BCUT2D eigenvalue weighted by Crippen LogP contribution is 2.09. The predicted molar refractivity (Wildman–Crippen MR) is 65.3 cm³/mol. The van der Waals surface area contributed by atoms with E-state index in [0.29, 0.717) is 19.6 Å². The number of nitrogens with two attached hydrogens (primary N) is 1. The van der Waals surface area contributed by atoms with E-state index in [1.807, 2.05) is 30.3 Å². The Labute approximate surface area is 102 Å². The summed E-state index contributed by atoms with van der Waals surface area (Å²) in [5.74, 6) is -0.416. The first kappa shape index (κ1) is 13.7. The molecule has 4 heteroatoms. The number of hydrogen-bond donors (Lipinski definition) is 1. The van der Waals surface area contributed by atoms with Crippen molar-refractivity contribution in [3.05, 3.63) is 35.9 Å². The summed E-state index contributed by atoms with van der Waals surface area (Å²) < 4.78 is 10.1. The lowest BCUT2D eigenvalue weighted by Gasteiger charge is -2.21. The molecule has 0 heterocycles. The van der Waals surface area contributed by atoms with E-state index in [9.17, 15) is 4.79 Å². The highest BCUT2D eigenvalue weighted by molar-refractivity contribution is 5.79. The molecule has 17 heavy (non-hydrogen) atoms. The summed E-state index contributed by atoms with van der Waals surface area (Å²) in [5, 5.41) is 0. The first-order valence-electron chi connectivity index (χ1n) is 5.55. The summed E-state index contributed by atoms with van der Waals surface area (Å²) in [6.07, 6.45) is 0.437. The van der Waals surface area contributed by atoms with Crippen molar-refractivity contribution >= 4 is 5.97 Å². The Bertz CT molecular complexity index is 349. The van der Waals surface area contributed by atoms with Crippen LogP contribution in [0.1, 0.15) is 18.9 Å². The topological polar surface area (TPSA) is 61.5 Å². The molecule has 2 N–H and O–H groups in total. The van der Waals surface area contributed by atoms with Gasteiger partial charge in [-0.1, -0.05) is 30.3 Å². The first-order chi connectivity index (χ1) is 8.06. The molecular formula is C13H19NO3. The van der Waals surface area contributed by atoms with E-state index in [1.54, 1.807) is 6.92 Å². The van der Waals surface area contributed by atoms with Gasteiger partial charge < -0.3 is 15.2 Å². The summed E-state index contributed by atoms with van der Waals surface area (Å²) in [7, 11) is 1.33. The summed E-state index contributed by atoms with van der Waals surface area (Å²) >= 11 is 0. The lowest BCUT2D eigenvalue weighted by Crippen LogP contribution is -2.46. The van der Waals surface area contributed by atoms with Crippen molar-refractivity contribution in [1.29, 1.82) is 0 Å². The Morgan fingerprint density at radius 3 is 2.59 bits per heavy atom. The number of hydrogen-bond acceptors (Lipinski definition) is 4. The van der Waals surface area contributed by atoms with E-state index in [2.05, 4.69) is 4.74 Å².